The first-order chi connectivity index (χ1) is 9.11. The lowest BCUT2D eigenvalue weighted by atomic mass is 10.0. The van der Waals surface area contributed by atoms with E-state index in [2.05, 4.69) is 31.0 Å². The number of nitrogens with two attached hydrogens (primary N) is 1. The van der Waals surface area contributed by atoms with Crippen LogP contribution in [0.3, 0.4) is 0 Å². The van der Waals surface area contributed by atoms with Crippen molar-refractivity contribution in [2.45, 2.75) is 50.7 Å². The summed E-state index contributed by atoms with van der Waals surface area (Å²) in [6, 6.07) is 9.83. The van der Waals surface area contributed by atoms with Gasteiger partial charge < -0.3 is 15.4 Å². The second-order valence-electron chi connectivity index (χ2n) is 5.76. The first-order valence-electron chi connectivity index (χ1n) is 7.21. The predicted molar refractivity (Wildman–Crippen MR) is 79.5 cm³/mol. The van der Waals surface area contributed by atoms with Crippen molar-refractivity contribution in [3.63, 3.8) is 0 Å². The maximum atomic E-state index is 6.01. The molecular formula is C16H26N2O. The summed E-state index contributed by atoms with van der Waals surface area (Å²) in [5.74, 6) is 0.992. The van der Waals surface area contributed by atoms with Crippen molar-refractivity contribution in [1.29, 1.82) is 0 Å². The molecule has 1 aromatic carbocycles. The smallest absolute Gasteiger partial charge is 0.122 e. The molecule has 1 saturated carbocycles. The molecule has 3 atom stereocenters. The van der Waals surface area contributed by atoms with Gasteiger partial charge in [-0.15, -0.1) is 0 Å². The molecule has 0 amide bonds. The van der Waals surface area contributed by atoms with Gasteiger partial charge in [0.2, 0.25) is 0 Å². The zero-order chi connectivity index (χ0) is 13.8. The Balaban J connectivity index is 1.98. The number of hydrogen-bond donors (Lipinski definition) is 1. The van der Waals surface area contributed by atoms with Crippen LogP contribution in [0, 0.1) is 0 Å². The van der Waals surface area contributed by atoms with Crippen LogP contribution in [0.2, 0.25) is 0 Å². The summed E-state index contributed by atoms with van der Waals surface area (Å²) in [6.07, 6.45) is 4.54. The van der Waals surface area contributed by atoms with Crippen molar-refractivity contribution in [2.24, 2.45) is 5.73 Å². The van der Waals surface area contributed by atoms with E-state index in [4.69, 9.17) is 10.5 Å². The van der Waals surface area contributed by atoms with Gasteiger partial charge in [0.1, 0.15) is 5.75 Å². The van der Waals surface area contributed by atoms with Crippen LogP contribution in [-0.4, -0.2) is 37.2 Å². The van der Waals surface area contributed by atoms with E-state index >= 15 is 0 Å². The molecule has 0 bridgehead atoms. The molecule has 0 aromatic heterocycles. The lowest BCUT2D eigenvalue weighted by molar-refractivity contribution is 0.183. The Labute approximate surface area is 116 Å². The highest BCUT2D eigenvalue weighted by atomic mass is 16.5. The average Bonchev–Trinajstić information content (AvgIpc) is 2.85. The number of hydrogen-bond acceptors (Lipinski definition) is 3. The SMILES string of the molecule is COc1ccccc1CC(C)N(C)C1CCC(N)C1. The summed E-state index contributed by atoms with van der Waals surface area (Å²) in [7, 11) is 3.96. The van der Waals surface area contributed by atoms with Crippen molar-refractivity contribution >= 4 is 0 Å². The van der Waals surface area contributed by atoms with Gasteiger partial charge in [-0.2, -0.15) is 0 Å². The van der Waals surface area contributed by atoms with Crippen molar-refractivity contribution < 1.29 is 4.74 Å². The normalized spacial score (nSPS) is 24.7. The number of methoxy groups -OCH3 is 1. The quantitative estimate of drug-likeness (QED) is 0.886. The van der Waals surface area contributed by atoms with Crippen LogP contribution in [0.25, 0.3) is 0 Å². The van der Waals surface area contributed by atoms with E-state index in [0.717, 1.165) is 25.0 Å². The lowest BCUT2D eigenvalue weighted by Gasteiger charge is -2.31. The van der Waals surface area contributed by atoms with Gasteiger partial charge in [0.25, 0.3) is 0 Å². The molecular weight excluding hydrogens is 236 g/mol. The molecule has 0 aliphatic heterocycles. The molecule has 2 rings (SSSR count). The van der Waals surface area contributed by atoms with Crippen LogP contribution in [0.1, 0.15) is 31.7 Å². The van der Waals surface area contributed by atoms with Crippen LogP contribution in [0.4, 0.5) is 0 Å². The fourth-order valence-corrected chi connectivity index (χ4v) is 3.06. The van der Waals surface area contributed by atoms with E-state index in [1.165, 1.54) is 12.0 Å². The Morgan fingerprint density at radius 1 is 1.37 bits per heavy atom. The van der Waals surface area contributed by atoms with E-state index in [1.807, 2.05) is 12.1 Å². The molecule has 1 aliphatic rings. The summed E-state index contributed by atoms with van der Waals surface area (Å²) in [5.41, 5.74) is 7.30. The molecule has 3 unspecified atom stereocenters. The molecule has 1 aromatic rings. The lowest BCUT2D eigenvalue weighted by Crippen LogP contribution is -2.39. The van der Waals surface area contributed by atoms with Crippen molar-refractivity contribution in [1.82, 2.24) is 4.90 Å². The number of rotatable bonds is 5. The summed E-state index contributed by atoms with van der Waals surface area (Å²) in [6.45, 7) is 2.29. The van der Waals surface area contributed by atoms with E-state index in [-0.39, 0.29) is 0 Å². The molecule has 106 valence electrons. The van der Waals surface area contributed by atoms with Gasteiger partial charge in [0.15, 0.2) is 0 Å². The number of benzene rings is 1. The monoisotopic (exact) mass is 262 g/mol. The Kier molecular flexibility index (Phi) is 4.83. The summed E-state index contributed by atoms with van der Waals surface area (Å²) < 4.78 is 5.43. The third-order valence-corrected chi connectivity index (χ3v) is 4.42. The van der Waals surface area contributed by atoms with Gasteiger partial charge in [-0.1, -0.05) is 18.2 Å². The third kappa shape index (κ3) is 3.48. The zero-order valence-corrected chi connectivity index (χ0v) is 12.3. The highest BCUT2D eigenvalue weighted by molar-refractivity contribution is 5.33. The largest absolute Gasteiger partial charge is 0.496 e. The molecule has 1 fully saturated rings. The minimum Gasteiger partial charge on any atom is -0.496 e. The van der Waals surface area contributed by atoms with Crippen LogP contribution in [0.15, 0.2) is 24.3 Å². The third-order valence-electron chi connectivity index (χ3n) is 4.42. The summed E-state index contributed by atoms with van der Waals surface area (Å²) in [5, 5.41) is 0. The van der Waals surface area contributed by atoms with Crippen molar-refractivity contribution in [2.75, 3.05) is 14.2 Å². The van der Waals surface area contributed by atoms with Gasteiger partial charge in [-0.05, 0) is 51.3 Å². The van der Waals surface area contributed by atoms with Crippen molar-refractivity contribution in [3.05, 3.63) is 29.8 Å². The standard InChI is InChI=1S/C16H26N2O/c1-12(18(2)15-9-8-14(17)11-15)10-13-6-4-5-7-16(13)19-3/h4-7,12,14-15H,8-11,17H2,1-3H3. The molecule has 3 heteroatoms. The summed E-state index contributed by atoms with van der Waals surface area (Å²) >= 11 is 0. The average molecular weight is 262 g/mol. The van der Waals surface area contributed by atoms with E-state index in [1.54, 1.807) is 7.11 Å². The maximum Gasteiger partial charge on any atom is 0.122 e. The van der Waals surface area contributed by atoms with Gasteiger partial charge in [0, 0.05) is 18.1 Å². The summed E-state index contributed by atoms with van der Waals surface area (Å²) in [4.78, 5) is 2.49. The second-order valence-corrected chi connectivity index (χ2v) is 5.76. The van der Waals surface area contributed by atoms with Crippen LogP contribution in [0.5, 0.6) is 5.75 Å². The fraction of sp³-hybridized carbons (Fsp3) is 0.625. The van der Waals surface area contributed by atoms with Crippen LogP contribution >= 0.6 is 0 Å². The van der Waals surface area contributed by atoms with E-state index in [0.29, 0.717) is 18.1 Å². The molecule has 19 heavy (non-hydrogen) atoms. The molecule has 0 spiro atoms. The van der Waals surface area contributed by atoms with Crippen LogP contribution in [-0.2, 0) is 6.42 Å². The Morgan fingerprint density at radius 3 is 2.74 bits per heavy atom. The molecule has 0 saturated heterocycles. The minimum absolute atomic E-state index is 0.394. The van der Waals surface area contributed by atoms with Gasteiger partial charge in [0.05, 0.1) is 7.11 Å². The molecule has 0 heterocycles. The number of ether oxygens (including phenoxy) is 1. The Bertz CT molecular complexity index is 407. The van der Waals surface area contributed by atoms with E-state index < -0.39 is 0 Å². The first kappa shape index (κ1) is 14.4. The highest BCUT2D eigenvalue weighted by Crippen LogP contribution is 2.26. The highest BCUT2D eigenvalue weighted by Gasteiger charge is 2.27. The molecule has 3 nitrogen and oxygen atoms in total. The van der Waals surface area contributed by atoms with Crippen LogP contribution < -0.4 is 10.5 Å². The molecule has 0 radical (unpaired) electrons. The topological polar surface area (TPSA) is 38.5 Å². The maximum absolute atomic E-state index is 6.01. The fourth-order valence-electron chi connectivity index (χ4n) is 3.06. The molecule has 2 N–H and O–H groups in total. The first-order valence-corrected chi connectivity index (χ1v) is 7.21. The number of para-hydroxylation sites is 1. The van der Waals surface area contributed by atoms with Gasteiger partial charge >= 0.3 is 0 Å². The number of nitrogens with zero attached hydrogens (tertiary/aromatic N) is 1. The van der Waals surface area contributed by atoms with E-state index in [9.17, 15) is 0 Å². The number of likely N-dealkylation sites (N-methyl/N-ethyl adjacent to an activating group) is 1. The van der Waals surface area contributed by atoms with Crippen molar-refractivity contribution in [3.8, 4) is 5.75 Å². The second kappa shape index (κ2) is 6.40. The minimum atomic E-state index is 0.394. The van der Waals surface area contributed by atoms with Gasteiger partial charge in [-0.25, -0.2) is 0 Å². The van der Waals surface area contributed by atoms with Gasteiger partial charge in [-0.3, -0.25) is 0 Å². The Morgan fingerprint density at radius 2 is 2.11 bits per heavy atom. The predicted octanol–water partition coefficient (Wildman–Crippen LogP) is 2.44. The Hall–Kier alpha value is -1.06. The zero-order valence-electron chi connectivity index (χ0n) is 12.3. The molecule has 1 aliphatic carbocycles.